The van der Waals surface area contributed by atoms with E-state index in [9.17, 15) is 37.1 Å². The van der Waals surface area contributed by atoms with Crippen molar-refractivity contribution in [2.45, 2.75) is 31.0 Å². The molecular weight excluding hydrogens is 698 g/mol. The lowest BCUT2D eigenvalue weighted by Gasteiger charge is -2.43. The zero-order valence-corrected chi connectivity index (χ0v) is 28.7. The van der Waals surface area contributed by atoms with Crippen LogP contribution in [0.25, 0.3) is 0 Å². The maximum Gasteiger partial charge on any atom is 0.309 e. The molecule has 2 fully saturated rings. The summed E-state index contributed by atoms with van der Waals surface area (Å²) in [6, 6.07) is 22.3. The summed E-state index contributed by atoms with van der Waals surface area (Å²) in [4.78, 5) is 21.6. The number of benzene rings is 3. The molecule has 270 valence electrons. The van der Waals surface area contributed by atoms with Crippen LogP contribution in [0.3, 0.4) is 0 Å². The fourth-order valence-corrected chi connectivity index (χ4v) is 6.84. The van der Waals surface area contributed by atoms with Gasteiger partial charge in [0.25, 0.3) is 5.70 Å². The van der Waals surface area contributed by atoms with Crippen molar-refractivity contribution in [3.05, 3.63) is 122 Å². The summed E-state index contributed by atoms with van der Waals surface area (Å²) in [6.45, 7) is 1.03. The van der Waals surface area contributed by atoms with Crippen LogP contribution in [-0.2, 0) is 36.3 Å². The second kappa shape index (κ2) is 17.3. The van der Waals surface area contributed by atoms with Crippen LogP contribution in [0.5, 0.6) is 17.2 Å². The number of methoxy groups -OCH3 is 1. The normalized spacial score (nSPS) is 15.6. The van der Waals surface area contributed by atoms with E-state index in [4.69, 9.17) is 22.6 Å². The van der Waals surface area contributed by atoms with Gasteiger partial charge in [-0.3, -0.25) is 25.5 Å². The lowest BCUT2D eigenvalue weighted by molar-refractivity contribution is -0.543. The van der Waals surface area contributed by atoms with Crippen LogP contribution in [0.15, 0.2) is 96.2 Å². The Kier molecular flexibility index (Phi) is 13.3. The van der Waals surface area contributed by atoms with Gasteiger partial charge in [-0.25, -0.2) is 0 Å². The van der Waals surface area contributed by atoms with E-state index in [0.717, 1.165) is 5.56 Å². The number of nitrogens with zero attached hydrogens (tertiary/aromatic N) is 2. The number of hydrogen-bond donors (Lipinski definition) is 1. The zero-order chi connectivity index (χ0) is 36.2. The van der Waals surface area contributed by atoms with Crippen molar-refractivity contribution in [3.8, 4) is 17.2 Å². The predicted octanol–water partition coefficient (Wildman–Crippen LogP) is 3.34. The fraction of sp³-hybridized carbons (Fsp3) is 0.375. The number of rotatable bonds is 17. The van der Waals surface area contributed by atoms with Gasteiger partial charge in [0, 0.05) is 17.9 Å². The lowest BCUT2D eigenvalue weighted by Crippen LogP contribution is -2.69. The standard InChI is InChI=1S/C20H24N2O7S.C12H13NO6S/c1-27-17-9-7-16(8-10-17)13-21-20(14-28-15-20)19(22(23)24)11-12-30(25,26)29-18-5-3-2-4-6-18;14-13(15)12(10-8-18-9-10)6-7-20(16,17)19-11-4-2-1-3-5-11/h2-10,19,21H,11-15H2,1H3;1-5H,6-9H2. The third kappa shape index (κ3) is 11.2. The second-order valence-corrected chi connectivity index (χ2v) is 14.7. The lowest BCUT2D eigenvalue weighted by atomic mass is 9.86. The molecule has 0 spiro atoms. The summed E-state index contributed by atoms with van der Waals surface area (Å²) in [5, 5.41) is 25.8. The average Bonchev–Trinajstić information content (AvgIpc) is 3.03. The van der Waals surface area contributed by atoms with Crippen LogP contribution in [-0.4, -0.2) is 83.3 Å². The largest absolute Gasteiger partial charge is 0.497 e. The molecule has 0 amide bonds. The molecule has 2 saturated heterocycles. The summed E-state index contributed by atoms with van der Waals surface area (Å²) in [7, 11) is -6.26. The number of para-hydroxylation sites is 2. The van der Waals surface area contributed by atoms with E-state index in [2.05, 4.69) is 5.32 Å². The van der Waals surface area contributed by atoms with Crippen LogP contribution >= 0.6 is 0 Å². The van der Waals surface area contributed by atoms with E-state index in [-0.39, 0.29) is 56.5 Å². The molecule has 50 heavy (non-hydrogen) atoms. The Balaban J connectivity index is 0.000000244. The van der Waals surface area contributed by atoms with Gasteiger partial charge >= 0.3 is 20.2 Å². The van der Waals surface area contributed by atoms with Gasteiger partial charge in [0.1, 0.15) is 22.8 Å². The van der Waals surface area contributed by atoms with E-state index in [1.165, 1.54) is 24.3 Å². The van der Waals surface area contributed by atoms with Gasteiger partial charge in [-0.1, -0.05) is 48.5 Å². The molecule has 5 rings (SSSR count). The van der Waals surface area contributed by atoms with E-state index in [1.54, 1.807) is 55.6 Å². The molecule has 16 nitrogen and oxygen atoms in total. The summed E-state index contributed by atoms with van der Waals surface area (Å²) < 4.78 is 73.2. The molecule has 2 aliphatic heterocycles. The zero-order valence-electron chi connectivity index (χ0n) is 27.0. The molecule has 3 aromatic rings. The summed E-state index contributed by atoms with van der Waals surface area (Å²) >= 11 is 0. The monoisotopic (exact) mass is 735 g/mol. The van der Waals surface area contributed by atoms with Gasteiger partial charge in [0.15, 0.2) is 0 Å². The Morgan fingerprint density at radius 1 is 0.800 bits per heavy atom. The van der Waals surface area contributed by atoms with Crippen molar-refractivity contribution < 1.29 is 49.3 Å². The van der Waals surface area contributed by atoms with Crippen molar-refractivity contribution in [1.82, 2.24) is 5.32 Å². The first-order valence-electron chi connectivity index (χ1n) is 15.3. The van der Waals surface area contributed by atoms with E-state index < -0.39 is 53.2 Å². The minimum absolute atomic E-state index is 0.100. The Morgan fingerprint density at radius 3 is 1.76 bits per heavy atom. The van der Waals surface area contributed by atoms with E-state index in [0.29, 0.717) is 17.9 Å². The number of nitrogens with one attached hydrogen (secondary N) is 1. The van der Waals surface area contributed by atoms with Gasteiger partial charge in [-0.05, 0) is 42.0 Å². The number of ether oxygens (including phenoxy) is 3. The van der Waals surface area contributed by atoms with Crippen LogP contribution in [0.1, 0.15) is 18.4 Å². The summed E-state index contributed by atoms with van der Waals surface area (Å²) in [5.41, 5.74) is 0.414. The first-order valence-corrected chi connectivity index (χ1v) is 18.4. The van der Waals surface area contributed by atoms with Crippen LogP contribution in [0, 0.1) is 20.2 Å². The average molecular weight is 736 g/mol. The van der Waals surface area contributed by atoms with Gasteiger partial charge in [-0.2, -0.15) is 16.8 Å². The number of hydrogen-bond acceptors (Lipinski definition) is 14. The topological polar surface area (TPSA) is 213 Å². The minimum Gasteiger partial charge on any atom is -0.497 e. The highest BCUT2D eigenvalue weighted by Crippen LogP contribution is 2.28. The van der Waals surface area contributed by atoms with Crippen molar-refractivity contribution in [3.63, 3.8) is 0 Å². The SMILES string of the molecule is COc1ccc(CNC2(C(CCS(=O)(=O)Oc3ccccc3)[N+](=O)[O-])COC2)cc1.O=[N+]([O-])C(CCS(=O)(=O)Oc1ccccc1)=C1COC1. The third-order valence-corrected chi connectivity index (χ3v) is 10.1. The number of allylic oxidation sites excluding steroid dienone is 1. The quantitative estimate of drug-likeness (QED) is 0.120. The molecule has 2 aliphatic rings. The molecule has 0 bridgehead atoms. The smallest absolute Gasteiger partial charge is 0.309 e. The van der Waals surface area contributed by atoms with Gasteiger partial charge in [0.05, 0.1) is 62.0 Å². The maximum absolute atomic E-state index is 12.3. The van der Waals surface area contributed by atoms with Crippen LogP contribution in [0.4, 0.5) is 0 Å². The highest BCUT2D eigenvalue weighted by atomic mass is 32.2. The Labute approximate surface area is 289 Å². The predicted molar refractivity (Wildman–Crippen MR) is 180 cm³/mol. The first-order chi connectivity index (χ1) is 23.8. The summed E-state index contributed by atoms with van der Waals surface area (Å²) in [6.07, 6.45) is -0.387. The fourth-order valence-electron chi connectivity index (χ4n) is 4.91. The van der Waals surface area contributed by atoms with Gasteiger partial charge in [0.2, 0.25) is 6.04 Å². The molecule has 0 aliphatic carbocycles. The minimum atomic E-state index is -3.97. The molecule has 1 N–H and O–H groups in total. The molecule has 1 atom stereocenters. The Morgan fingerprint density at radius 2 is 1.34 bits per heavy atom. The van der Waals surface area contributed by atoms with Crippen molar-refractivity contribution in [1.29, 1.82) is 0 Å². The molecule has 18 heteroatoms. The Hall–Kier alpha value is -4.62. The highest BCUT2D eigenvalue weighted by molar-refractivity contribution is 7.87. The number of nitro groups is 2. The van der Waals surface area contributed by atoms with Gasteiger partial charge in [-0.15, -0.1) is 0 Å². The molecule has 3 aromatic carbocycles. The van der Waals surface area contributed by atoms with Crippen LogP contribution in [0.2, 0.25) is 0 Å². The van der Waals surface area contributed by atoms with Crippen molar-refractivity contribution in [2.24, 2.45) is 0 Å². The third-order valence-electron chi connectivity index (χ3n) is 7.76. The summed E-state index contributed by atoms with van der Waals surface area (Å²) in [5.74, 6) is 0.165. The highest BCUT2D eigenvalue weighted by Gasteiger charge is 2.52. The van der Waals surface area contributed by atoms with Crippen molar-refractivity contribution >= 4 is 20.2 Å². The Bertz CT molecular complexity index is 1830. The maximum atomic E-state index is 12.3. The molecule has 2 heterocycles. The molecular formula is C32H37N3O13S2. The van der Waals surface area contributed by atoms with Crippen LogP contribution < -0.4 is 18.4 Å². The van der Waals surface area contributed by atoms with Gasteiger partial charge < -0.3 is 22.6 Å². The second-order valence-electron chi connectivity index (χ2n) is 11.3. The molecule has 0 aromatic heterocycles. The van der Waals surface area contributed by atoms with E-state index >= 15 is 0 Å². The molecule has 0 saturated carbocycles. The molecule has 0 radical (unpaired) electrons. The van der Waals surface area contributed by atoms with E-state index in [1.807, 2.05) is 12.1 Å². The first kappa shape index (κ1) is 38.2. The molecule has 1 unspecified atom stereocenters. The van der Waals surface area contributed by atoms with Crippen molar-refractivity contribution in [2.75, 3.05) is 45.0 Å².